The molecule has 0 atom stereocenters. The van der Waals surface area contributed by atoms with E-state index in [4.69, 9.17) is 34.8 Å². The summed E-state index contributed by atoms with van der Waals surface area (Å²) in [5, 5.41) is 8.03. The lowest BCUT2D eigenvalue weighted by molar-refractivity contribution is 0.982. The first-order valence-electron chi connectivity index (χ1n) is 7.07. The molecule has 0 unspecified atom stereocenters. The van der Waals surface area contributed by atoms with Gasteiger partial charge in [0.2, 0.25) is 0 Å². The molecule has 2 aromatic carbocycles. The van der Waals surface area contributed by atoms with E-state index in [0.717, 1.165) is 11.3 Å². The fourth-order valence-corrected chi connectivity index (χ4v) is 2.96. The number of anilines is 1. The zero-order valence-electron chi connectivity index (χ0n) is 12.7. The quantitative estimate of drug-likeness (QED) is 0.356. The summed E-state index contributed by atoms with van der Waals surface area (Å²) in [6.07, 6.45) is 5.15. The van der Waals surface area contributed by atoms with Crippen LogP contribution in [0, 0.1) is 0 Å². The fourth-order valence-electron chi connectivity index (χ4n) is 2.21. The first-order chi connectivity index (χ1) is 11.6. The Bertz CT molecular complexity index is 875. The molecule has 0 aliphatic heterocycles. The molecular weight excluding hydrogens is 367 g/mol. The van der Waals surface area contributed by atoms with E-state index in [1.807, 2.05) is 37.4 Å². The number of imidazole rings is 1. The average Bonchev–Trinajstić information content (AvgIpc) is 3.07. The molecule has 3 aromatic rings. The molecular formula is C17H13Cl3N4. The number of halogens is 3. The van der Waals surface area contributed by atoms with Crippen LogP contribution in [0.2, 0.25) is 15.1 Å². The Morgan fingerprint density at radius 1 is 1.08 bits per heavy atom. The second-order valence-electron chi connectivity index (χ2n) is 4.99. The first-order valence-corrected chi connectivity index (χ1v) is 8.20. The van der Waals surface area contributed by atoms with Crippen LogP contribution in [0.5, 0.6) is 0 Å². The highest BCUT2D eigenvalue weighted by Gasteiger charge is 2.13. The summed E-state index contributed by atoms with van der Waals surface area (Å²) in [5.74, 6) is 0.631. The maximum absolute atomic E-state index is 6.34. The van der Waals surface area contributed by atoms with Gasteiger partial charge in [0.05, 0.1) is 15.7 Å². The van der Waals surface area contributed by atoms with Gasteiger partial charge in [-0.1, -0.05) is 46.9 Å². The fraction of sp³-hybridized carbons (Fsp3) is 0.0588. The molecule has 0 N–H and O–H groups in total. The van der Waals surface area contributed by atoms with Gasteiger partial charge in [-0.3, -0.25) is 9.58 Å². The second-order valence-corrected chi connectivity index (χ2v) is 6.24. The van der Waals surface area contributed by atoms with Gasteiger partial charge in [0.25, 0.3) is 0 Å². The number of nitrogens with zero attached hydrogens (tertiary/aromatic N) is 4. The molecule has 0 saturated heterocycles. The monoisotopic (exact) mass is 378 g/mol. The Morgan fingerprint density at radius 3 is 2.54 bits per heavy atom. The third kappa shape index (κ3) is 3.56. The van der Waals surface area contributed by atoms with Crippen molar-refractivity contribution >= 4 is 46.3 Å². The molecule has 4 nitrogen and oxygen atoms in total. The topological polar surface area (TPSA) is 33.4 Å². The van der Waals surface area contributed by atoms with Gasteiger partial charge in [-0.25, -0.2) is 4.98 Å². The molecule has 122 valence electrons. The van der Waals surface area contributed by atoms with E-state index >= 15 is 0 Å². The van der Waals surface area contributed by atoms with Crippen molar-refractivity contribution in [3.8, 4) is 0 Å². The third-order valence-electron chi connectivity index (χ3n) is 3.37. The summed E-state index contributed by atoms with van der Waals surface area (Å²) in [5.41, 5.74) is 1.51. The minimum absolute atomic E-state index is 0.512. The number of hydrogen-bond acceptors (Lipinski definition) is 3. The van der Waals surface area contributed by atoms with Gasteiger partial charge in [0.15, 0.2) is 5.84 Å². The van der Waals surface area contributed by atoms with Crippen molar-refractivity contribution < 1.29 is 0 Å². The van der Waals surface area contributed by atoms with Crippen LogP contribution in [0.4, 0.5) is 5.69 Å². The van der Waals surface area contributed by atoms with E-state index in [0.29, 0.717) is 20.9 Å². The summed E-state index contributed by atoms with van der Waals surface area (Å²) in [6, 6.07) is 12.8. The molecule has 0 aliphatic rings. The maximum Gasteiger partial charge on any atom is 0.167 e. The minimum Gasteiger partial charge on any atom is -0.289 e. The van der Waals surface area contributed by atoms with Crippen LogP contribution in [-0.2, 0) is 0 Å². The Hall–Kier alpha value is -2.01. The SMILES string of the molecule is CN(/N=C(\c1ccccc1Cl)n1ccnc1)c1ccc(Cl)cc1Cl. The van der Waals surface area contributed by atoms with Crippen LogP contribution in [0.15, 0.2) is 66.3 Å². The zero-order chi connectivity index (χ0) is 17.1. The van der Waals surface area contributed by atoms with Crippen LogP contribution in [-0.4, -0.2) is 22.4 Å². The van der Waals surface area contributed by atoms with Gasteiger partial charge in [0.1, 0.15) is 6.33 Å². The van der Waals surface area contributed by atoms with Gasteiger partial charge in [-0.2, -0.15) is 5.10 Å². The van der Waals surface area contributed by atoms with E-state index in [9.17, 15) is 0 Å². The van der Waals surface area contributed by atoms with E-state index in [2.05, 4.69) is 10.1 Å². The van der Waals surface area contributed by atoms with E-state index < -0.39 is 0 Å². The summed E-state index contributed by atoms with van der Waals surface area (Å²) >= 11 is 18.6. The molecule has 0 saturated carbocycles. The lowest BCUT2D eigenvalue weighted by Crippen LogP contribution is -2.20. The Morgan fingerprint density at radius 2 is 1.88 bits per heavy atom. The second kappa shape index (κ2) is 7.26. The number of hydrogen-bond donors (Lipinski definition) is 0. The number of benzene rings is 2. The molecule has 0 aliphatic carbocycles. The highest BCUT2D eigenvalue weighted by Crippen LogP contribution is 2.28. The minimum atomic E-state index is 0.512. The Labute approximate surface area is 154 Å². The van der Waals surface area contributed by atoms with Gasteiger partial charge in [-0.15, -0.1) is 0 Å². The number of aromatic nitrogens is 2. The summed E-state index contributed by atoms with van der Waals surface area (Å²) in [4.78, 5) is 4.08. The molecule has 0 amide bonds. The highest BCUT2D eigenvalue weighted by atomic mass is 35.5. The first kappa shape index (κ1) is 16.8. The summed E-state index contributed by atoms with van der Waals surface area (Å²) in [6.45, 7) is 0. The normalized spacial score (nSPS) is 11.6. The predicted octanol–water partition coefficient (Wildman–Crippen LogP) is 5.19. The third-order valence-corrected chi connectivity index (χ3v) is 4.23. The van der Waals surface area contributed by atoms with Crippen molar-refractivity contribution in [2.24, 2.45) is 5.10 Å². The van der Waals surface area contributed by atoms with Crippen LogP contribution >= 0.6 is 34.8 Å². The Balaban J connectivity index is 2.09. The number of rotatable bonds is 3. The van der Waals surface area contributed by atoms with Crippen LogP contribution in [0.25, 0.3) is 0 Å². The molecule has 0 bridgehead atoms. The zero-order valence-corrected chi connectivity index (χ0v) is 15.0. The van der Waals surface area contributed by atoms with Crippen molar-refractivity contribution in [3.05, 3.63) is 81.8 Å². The molecule has 1 aromatic heterocycles. The van der Waals surface area contributed by atoms with Crippen molar-refractivity contribution in [1.82, 2.24) is 9.55 Å². The maximum atomic E-state index is 6.34. The smallest absolute Gasteiger partial charge is 0.167 e. The molecule has 0 fully saturated rings. The van der Waals surface area contributed by atoms with Crippen molar-refractivity contribution in [1.29, 1.82) is 0 Å². The van der Waals surface area contributed by atoms with Crippen LogP contribution in [0.3, 0.4) is 0 Å². The van der Waals surface area contributed by atoms with Gasteiger partial charge < -0.3 is 0 Å². The van der Waals surface area contributed by atoms with Crippen LogP contribution in [0.1, 0.15) is 5.56 Å². The van der Waals surface area contributed by atoms with Crippen molar-refractivity contribution in [3.63, 3.8) is 0 Å². The van der Waals surface area contributed by atoms with E-state index in [-0.39, 0.29) is 0 Å². The van der Waals surface area contributed by atoms with Gasteiger partial charge >= 0.3 is 0 Å². The van der Waals surface area contributed by atoms with E-state index in [1.165, 1.54) is 0 Å². The molecule has 1 heterocycles. The summed E-state index contributed by atoms with van der Waals surface area (Å²) < 4.78 is 1.79. The average molecular weight is 380 g/mol. The molecule has 0 radical (unpaired) electrons. The lowest BCUT2D eigenvalue weighted by atomic mass is 10.2. The van der Waals surface area contributed by atoms with Gasteiger partial charge in [-0.05, 0) is 30.3 Å². The van der Waals surface area contributed by atoms with E-state index in [1.54, 1.807) is 40.4 Å². The molecule has 24 heavy (non-hydrogen) atoms. The predicted molar refractivity (Wildman–Crippen MR) is 100 cm³/mol. The van der Waals surface area contributed by atoms with Crippen molar-refractivity contribution in [2.45, 2.75) is 0 Å². The molecule has 0 spiro atoms. The number of hydrazone groups is 1. The Kier molecular flexibility index (Phi) is 5.09. The highest BCUT2D eigenvalue weighted by molar-refractivity contribution is 6.36. The van der Waals surface area contributed by atoms with Crippen LogP contribution < -0.4 is 5.01 Å². The molecule has 7 heteroatoms. The summed E-state index contributed by atoms with van der Waals surface area (Å²) in [7, 11) is 1.81. The van der Waals surface area contributed by atoms with Crippen molar-refractivity contribution in [2.75, 3.05) is 12.1 Å². The van der Waals surface area contributed by atoms with Gasteiger partial charge in [0, 0.05) is 30.0 Å². The lowest BCUT2D eigenvalue weighted by Gasteiger charge is -2.18. The largest absolute Gasteiger partial charge is 0.289 e. The standard InChI is InChI=1S/C17H13Cl3N4/c1-23(16-7-6-12(18)10-15(16)20)22-17(24-9-8-21-11-24)13-4-2-3-5-14(13)19/h2-11H,1H3/b22-17+. The molecule has 3 rings (SSSR count).